The molecule has 0 aromatic heterocycles. The summed E-state index contributed by atoms with van der Waals surface area (Å²) < 4.78 is 0. The number of nitrogens with zero attached hydrogens (tertiary/aromatic N) is 2. The summed E-state index contributed by atoms with van der Waals surface area (Å²) in [7, 11) is 1.86. The summed E-state index contributed by atoms with van der Waals surface area (Å²) in [6.45, 7) is 7.74. The monoisotopic (exact) mass is 209 g/mol. The predicted molar refractivity (Wildman–Crippen MR) is 62.5 cm³/mol. The topological polar surface area (TPSA) is 39.1 Å². The molecule has 1 saturated heterocycles. The highest BCUT2D eigenvalue weighted by Crippen LogP contribution is 2.17. The Labute approximate surface area is 93.5 Å². The average Bonchev–Trinajstić information content (AvgIpc) is 2.28. The predicted octanol–water partition coefficient (Wildman–Crippen LogP) is 1.61. The molecule has 1 rings (SSSR count). The van der Waals surface area contributed by atoms with Gasteiger partial charge >= 0.3 is 0 Å². The largest absolute Gasteiger partial charge is 0.303 e. The molecule has 86 valence electrons. The first kappa shape index (κ1) is 12.5. The van der Waals surface area contributed by atoms with Gasteiger partial charge in [-0.25, -0.2) is 0 Å². The molecule has 3 heteroatoms. The van der Waals surface area contributed by atoms with E-state index in [0.29, 0.717) is 0 Å². The lowest BCUT2D eigenvalue weighted by atomic mass is 9.96. The third kappa shape index (κ3) is 3.81. The van der Waals surface area contributed by atoms with Gasteiger partial charge in [0.15, 0.2) is 0 Å². The van der Waals surface area contributed by atoms with Gasteiger partial charge in [0.1, 0.15) is 5.54 Å². The zero-order valence-electron chi connectivity index (χ0n) is 10.2. The van der Waals surface area contributed by atoms with E-state index in [1.54, 1.807) is 0 Å². The van der Waals surface area contributed by atoms with Gasteiger partial charge in [0.25, 0.3) is 0 Å². The number of rotatable bonds is 4. The normalized spacial score (nSPS) is 23.3. The number of hydrogen-bond acceptors (Lipinski definition) is 3. The van der Waals surface area contributed by atoms with Gasteiger partial charge in [-0.3, -0.25) is 0 Å². The molecule has 1 aliphatic heterocycles. The Kier molecular flexibility index (Phi) is 4.56. The Morgan fingerprint density at radius 1 is 1.47 bits per heavy atom. The second kappa shape index (κ2) is 5.48. The smallest absolute Gasteiger partial charge is 0.104 e. The lowest BCUT2D eigenvalue weighted by molar-refractivity contribution is 0.180. The Morgan fingerprint density at radius 3 is 2.53 bits per heavy atom. The van der Waals surface area contributed by atoms with Crippen molar-refractivity contribution in [2.45, 2.75) is 38.6 Å². The average molecular weight is 209 g/mol. The SMILES string of the molecule is CNC(C)(C#N)CCN1CCC(C)CC1. The molecule has 0 aromatic rings. The van der Waals surface area contributed by atoms with Crippen LogP contribution in [0, 0.1) is 17.2 Å². The summed E-state index contributed by atoms with van der Waals surface area (Å²) in [6.07, 6.45) is 3.53. The Balaban J connectivity index is 2.28. The van der Waals surface area contributed by atoms with Gasteiger partial charge in [-0.15, -0.1) is 0 Å². The second-order valence-corrected chi connectivity index (χ2v) is 4.97. The molecule has 1 aliphatic rings. The molecule has 0 saturated carbocycles. The molecule has 0 spiro atoms. The van der Waals surface area contributed by atoms with Crippen LogP contribution < -0.4 is 5.32 Å². The Hall–Kier alpha value is -0.590. The van der Waals surface area contributed by atoms with Crippen molar-refractivity contribution in [2.24, 2.45) is 5.92 Å². The van der Waals surface area contributed by atoms with Crippen LogP contribution in [0.25, 0.3) is 0 Å². The van der Waals surface area contributed by atoms with Gasteiger partial charge in [-0.2, -0.15) is 5.26 Å². The minimum absolute atomic E-state index is 0.358. The highest BCUT2D eigenvalue weighted by atomic mass is 15.1. The summed E-state index contributed by atoms with van der Waals surface area (Å²) in [4.78, 5) is 2.48. The highest BCUT2D eigenvalue weighted by molar-refractivity contribution is 5.03. The van der Waals surface area contributed by atoms with Crippen molar-refractivity contribution in [1.82, 2.24) is 10.2 Å². The van der Waals surface area contributed by atoms with Crippen LogP contribution in [0.5, 0.6) is 0 Å². The van der Waals surface area contributed by atoms with Crippen LogP contribution in [0.3, 0.4) is 0 Å². The van der Waals surface area contributed by atoms with Gasteiger partial charge in [0.05, 0.1) is 6.07 Å². The van der Waals surface area contributed by atoms with Crippen LogP contribution in [-0.4, -0.2) is 37.1 Å². The second-order valence-electron chi connectivity index (χ2n) is 4.97. The Bertz CT molecular complexity index is 226. The van der Waals surface area contributed by atoms with Crippen LogP contribution in [0.1, 0.15) is 33.1 Å². The van der Waals surface area contributed by atoms with Crippen molar-refractivity contribution in [3.05, 3.63) is 0 Å². The fourth-order valence-corrected chi connectivity index (χ4v) is 1.90. The third-order valence-corrected chi connectivity index (χ3v) is 3.60. The number of nitrogens with one attached hydrogen (secondary N) is 1. The molecule has 1 unspecified atom stereocenters. The van der Waals surface area contributed by atoms with Crippen LogP contribution in [0.2, 0.25) is 0 Å². The van der Waals surface area contributed by atoms with Gasteiger partial charge in [-0.05, 0) is 52.2 Å². The van der Waals surface area contributed by atoms with Crippen molar-refractivity contribution in [1.29, 1.82) is 5.26 Å². The number of nitriles is 1. The minimum Gasteiger partial charge on any atom is -0.303 e. The first-order chi connectivity index (χ1) is 7.09. The maximum absolute atomic E-state index is 9.03. The number of likely N-dealkylation sites (tertiary alicyclic amines) is 1. The minimum atomic E-state index is -0.358. The van der Waals surface area contributed by atoms with Gasteiger partial charge in [0.2, 0.25) is 0 Å². The summed E-state index contributed by atoms with van der Waals surface area (Å²) in [5.74, 6) is 0.882. The zero-order valence-corrected chi connectivity index (χ0v) is 10.2. The van der Waals surface area contributed by atoms with Crippen molar-refractivity contribution in [3.8, 4) is 6.07 Å². The van der Waals surface area contributed by atoms with E-state index >= 15 is 0 Å². The van der Waals surface area contributed by atoms with Crippen LogP contribution >= 0.6 is 0 Å². The van der Waals surface area contributed by atoms with E-state index in [4.69, 9.17) is 5.26 Å². The molecule has 1 heterocycles. The van der Waals surface area contributed by atoms with Crippen LogP contribution in [-0.2, 0) is 0 Å². The maximum Gasteiger partial charge on any atom is 0.104 e. The fourth-order valence-electron chi connectivity index (χ4n) is 1.90. The number of hydrogen-bond donors (Lipinski definition) is 1. The molecular formula is C12H23N3. The van der Waals surface area contributed by atoms with Crippen LogP contribution in [0.15, 0.2) is 0 Å². The molecule has 1 atom stereocenters. The molecule has 3 nitrogen and oxygen atoms in total. The molecule has 0 radical (unpaired) electrons. The molecule has 0 amide bonds. The molecule has 15 heavy (non-hydrogen) atoms. The Morgan fingerprint density at radius 2 is 2.07 bits per heavy atom. The van der Waals surface area contributed by atoms with Crippen molar-refractivity contribution in [3.63, 3.8) is 0 Å². The lowest BCUT2D eigenvalue weighted by Crippen LogP contribution is -2.43. The summed E-state index contributed by atoms with van der Waals surface area (Å²) in [6, 6.07) is 2.34. The van der Waals surface area contributed by atoms with E-state index in [1.165, 1.54) is 25.9 Å². The first-order valence-corrected chi connectivity index (χ1v) is 5.92. The molecule has 0 aliphatic carbocycles. The molecule has 1 N–H and O–H groups in total. The number of piperidine rings is 1. The summed E-state index contributed by atoms with van der Waals surface area (Å²) >= 11 is 0. The van der Waals surface area contributed by atoms with Crippen molar-refractivity contribution >= 4 is 0 Å². The third-order valence-electron chi connectivity index (χ3n) is 3.60. The van der Waals surface area contributed by atoms with Crippen molar-refractivity contribution in [2.75, 3.05) is 26.7 Å². The van der Waals surface area contributed by atoms with E-state index in [1.807, 2.05) is 14.0 Å². The standard InChI is InChI=1S/C12H23N3/c1-11-4-7-15(8-5-11)9-6-12(2,10-13)14-3/h11,14H,4-9H2,1-3H3. The lowest BCUT2D eigenvalue weighted by Gasteiger charge is -2.32. The fraction of sp³-hybridized carbons (Fsp3) is 0.917. The highest BCUT2D eigenvalue weighted by Gasteiger charge is 2.23. The van der Waals surface area contributed by atoms with Crippen LogP contribution in [0.4, 0.5) is 0 Å². The van der Waals surface area contributed by atoms with E-state index in [-0.39, 0.29) is 5.54 Å². The van der Waals surface area contributed by atoms with Crippen molar-refractivity contribution < 1.29 is 0 Å². The molecule has 0 bridgehead atoms. The van der Waals surface area contributed by atoms with E-state index < -0.39 is 0 Å². The quantitative estimate of drug-likeness (QED) is 0.764. The van der Waals surface area contributed by atoms with E-state index in [2.05, 4.69) is 23.2 Å². The van der Waals surface area contributed by atoms with E-state index in [9.17, 15) is 0 Å². The van der Waals surface area contributed by atoms with Gasteiger partial charge in [0, 0.05) is 6.54 Å². The van der Waals surface area contributed by atoms with Gasteiger partial charge in [-0.1, -0.05) is 6.92 Å². The van der Waals surface area contributed by atoms with E-state index in [0.717, 1.165) is 18.9 Å². The molecular weight excluding hydrogens is 186 g/mol. The molecule has 1 fully saturated rings. The molecule has 0 aromatic carbocycles. The summed E-state index contributed by atoms with van der Waals surface area (Å²) in [5.41, 5.74) is -0.358. The maximum atomic E-state index is 9.03. The first-order valence-electron chi connectivity index (χ1n) is 5.92. The van der Waals surface area contributed by atoms with Gasteiger partial charge < -0.3 is 10.2 Å². The zero-order chi connectivity index (χ0) is 11.3. The summed E-state index contributed by atoms with van der Waals surface area (Å²) in [5, 5.41) is 12.1.